The van der Waals surface area contributed by atoms with Crippen molar-refractivity contribution >= 4 is 55.8 Å². The van der Waals surface area contributed by atoms with Gasteiger partial charge in [-0.2, -0.15) is 4.31 Å². The van der Waals surface area contributed by atoms with Gasteiger partial charge in [0, 0.05) is 20.8 Å². The van der Waals surface area contributed by atoms with Gasteiger partial charge in [0.2, 0.25) is 15.9 Å². The number of halogens is 2. The van der Waals surface area contributed by atoms with Crippen molar-refractivity contribution in [2.24, 2.45) is 0 Å². The summed E-state index contributed by atoms with van der Waals surface area (Å²) < 4.78 is 28.6. The molecule has 1 amide bonds. The zero-order valence-electron chi connectivity index (χ0n) is 16.0. The average molecular weight is 555 g/mol. The minimum absolute atomic E-state index is 0.0991. The number of carbonyl (C=O) groups is 1. The Hall–Kier alpha value is -1.94. The number of hydrogen-bond acceptors (Lipinski definition) is 3. The summed E-state index contributed by atoms with van der Waals surface area (Å²) >= 11 is 8.07. The normalized spacial score (nSPS) is 11.4. The van der Waals surface area contributed by atoms with Gasteiger partial charge in [-0.25, -0.2) is 8.42 Å². The Morgan fingerprint density at radius 1 is 0.933 bits per heavy atom. The van der Waals surface area contributed by atoms with Crippen LogP contribution in [0.5, 0.6) is 0 Å². The fourth-order valence-electron chi connectivity index (χ4n) is 2.83. The molecule has 3 aromatic carbocycles. The Morgan fingerprint density at radius 2 is 1.57 bits per heavy atom. The molecule has 0 aliphatic rings. The predicted octanol–water partition coefficient (Wildman–Crippen LogP) is 4.82. The lowest BCUT2D eigenvalue weighted by Gasteiger charge is -2.22. The minimum Gasteiger partial charge on any atom is -0.325 e. The van der Waals surface area contributed by atoms with E-state index in [4.69, 9.17) is 11.6 Å². The van der Waals surface area contributed by atoms with Gasteiger partial charge in [0.1, 0.15) is 0 Å². The van der Waals surface area contributed by atoms with Crippen LogP contribution in [0, 0.1) is 3.57 Å². The minimum atomic E-state index is -3.87. The number of rotatable bonds is 8. The van der Waals surface area contributed by atoms with Crippen molar-refractivity contribution in [3.63, 3.8) is 0 Å². The van der Waals surface area contributed by atoms with Crippen molar-refractivity contribution in [2.45, 2.75) is 11.3 Å². The highest BCUT2D eigenvalue weighted by atomic mass is 127. The van der Waals surface area contributed by atoms with Crippen molar-refractivity contribution in [2.75, 3.05) is 18.4 Å². The molecular formula is C22H20ClIN2O3S. The Kier molecular flexibility index (Phi) is 7.87. The summed E-state index contributed by atoms with van der Waals surface area (Å²) in [6, 6.07) is 22.8. The lowest BCUT2D eigenvalue weighted by Crippen LogP contribution is -2.39. The number of hydrogen-bond donors (Lipinski definition) is 1. The molecule has 156 valence electrons. The maximum absolute atomic E-state index is 13.2. The average Bonchev–Trinajstić information content (AvgIpc) is 2.73. The van der Waals surface area contributed by atoms with E-state index in [1.54, 1.807) is 12.1 Å². The molecule has 0 atom stereocenters. The summed E-state index contributed by atoms with van der Waals surface area (Å²) in [5, 5.41) is 3.21. The number of benzene rings is 3. The van der Waals surface area contributed by atoms with Crippen LogP contribution >= 0.6 is 34.2 Å². The topological polar surface area (TPSA) is 66.5 Å². The van der Waals surface area contributed by atoms with Crippen molar-refractivity contribution in [1.82, 2.24) is 4.31 Å². The van der Waals surface area contributed by atoms with Gasteiger partial charge >= 0.3 is 0 Å². The first-order chi connectivity index (χ1) is 14.3. The van der Waals surface area contributed by atoms with Gasteiger partial charge in [-0.3, -0.25) is 4.79 Å². The lowest BCUT2D eigenvalue weighted by atomic mass is 10.1. The highest BCUT2D eigenvalue weighted by molar-refractivity contribution is 14.1. The van der Waals surface area contributed by atoms with E-state index in [1.165, 1.54) is 28.6 Å². The summed E-state index contributed by atoms with van der Waals surface area (Å²) in [5.41, 5.74) is 1.61. The third kappa shape index (κ3) is 6.28. The summed E-state index contributed by atoms with van der Waals surface area (Å²) in [6.07, 6.45) is 0.491. The third-order valence-corrected chi connectivity index (χ3v) is 7.22. The first kappa shape index (κ1) is 22.7. The van der Waals surface area contributed by atoms with Crippen LogP contribution < -0.4 is 5.32 Å². The number of nitrogens with zero attached hydrogens (tertiary/aromatic N) is 1. The lowest BCUT2D eigenvalue weighted by molar-refractivity contribution is -0.116. The Balaban J connectivity index is 1.79. The van der Waals surface area contributed by atoms with E-state index >= 15 is 0 Å². The third-order valence-electron chi connectivity index (χ3n) is 4.39. The van der Waals surface area contributed by atoms with Gasteiger partial charge in [0.15, 0.2) is 0 Å². The molecule has 3 rings (SSSR count). The van der Waals surface area contributed by atoms with Gasteiger partial charge in [-0.15, -0.1) is 0 Å². The van der Waals surface area contributed by atoms with E-state index in [0.717, 1.165) is 9.13 Å². The fraction of sp³-hybridized carbons (Fsp3) is 0.136. The van der Waals surface area contributed by atoms with E-state index in [0.29, 0.717) is 17.1 Å². The van der Waals surface area contributed by atoms with Crippen molar-refractivity contribution in [3.8, 4) is 0 Å². The summed E-state index contributed by atoms with van der Waals surface area (Å²) in [4.78, 5) is 12.7. The van der Waals surface area contributed by atoms with Crippen molar-refractivity contribution in [1.29, 1.82) is 0 Å². The summed E-state index contributed by atoms with van der Waals surface area (Å²) in [5.74, 6) is -0.401. The maximum atomic E-state index is 13.2. The molecule has 0 unspecified atom stereocenters. The molecule has 0 spiro atoms. The SMILES string of the molecule is O=C(CN(CCc1ccccc1)S(=O)(=O)c1ccc(Cl)cc1)Nc1ccc(I)cc1. The molecule has 0 aromatic heterocycles. The quantitative estimate of drug-likeness (QED) is 0.406. The van der Waals surface area contributed by atoms with Crippen LogP contribution in [0.15, 0.2) is 83.8 Å². The summed E-state index contributed by atoms with van der Waals surface area (Å²) in [6.45, 7) is -0.112. The maximum Gasteiger partial charge on any atom is 0.243 e. The van der Waals surface area contributed by atoms with E-state index in [1.807, 2.05) is 42.5 Å². The molecule has 0 aliphatic heterocycles. The van der Waals surface area contributed by atoms with Gasteiger partial charge in [0.05, 0.1) is 11.4 Å². The molecule has 8 heteroatoms. The molecular weight excluding hydrogens is 535 g/mol. The monoisotopic (exact) mass is 554 g/mol. The van der Waals surface area contributed by atoms with E-state index in [-0.39, 0.29) is 18.0 Å². The van der Waals surface area contributed by atoms with Crippen LogP contribution in [0.2, 0.25) is 5.02 Å². The Bertz CT molecular complexity index is 1090. The number of anilines is 1. The summed E-state index contributed by atoms with van der Waals surface area (Å²) in [7, 11) is -3.87. The van der Waals surface area contributed by atoms with Crippen molar-refractivity contribution in [3.05, 3.63) is 93.0 Å². The standard InChI is InChI=1S/C22H20ClIN2O3S/c23-18-6-12-21(13-7-18)30(28,29)26(15-14-17-4-2-1-3-5-17)16-22(27)25-20-10-8-19(24)9-11-20/h1-13H,14-16H2,(H,25,27). The van der Waals surface area contributed by atoms with E-state index < -0.39 is 15.9 Å². The number of carbonyl (C=O) groups excluding carboxylic acids is 1. The van der Waals surface area contributed by atoms with Crippen LogP contribution in [0.3, 0.4) is 0 Å². The molecule has 0 bridgehead atoms. The van der Waals surface area contributed by atoms with Gasteiger partial charge < -0.3 is 5.32 Å². The Labute approximate surface area is 195 Å². The Morgan fingerprint density at radius 3 is 2.20 bits per heavy atom. The van der Waals surface area contributed by atoms with E-state index in [9.17, 15) is 13.2 Å². The largest absolute Gasteiger partial charge is 0.325 e. The molecule has 3 aromatic rings. The molecule has 0 heterocycles. The fourth-order valence-corrected chi connectivity index (χ4v) is 4.71. The van der Waals surface area contributed by atoms with Crippen LogP contribution in [0.1, 0.15) is 5.56 Å². The molecule has 0 aliphatic carbocycles. The molecule has 0 saturated carbocycles. The van der Waals surface area contributed by atoms with Crippen molar-refractivity contribution < 1.29 is 13.2 Å². The smallest absolute Gasteiger partial charge is 0.243 e. The van der Waals surface area contributed by atoms with Gasteiger partial charge in [-0.1, -0.05) is 41.9 Å². The molecule has 1 N–H and O–H groups in total. The van der Waals surface area contributed by atoms with Crippen LogP contribution in [0.25, 0.3) is 0 Å². The van der Waals surface area contributed by atoms with Gasteiger partial charge in [0.25, 0.3) is 0 Å². The highest BCUT2D eigenvalue weighted by Gasteiger charge is 2.26. The zero-order chi connectivity index (χ0) is 21.6. The number of amides is 1. The van der Waals surface area contributed by atoms with Gasteiger partial charge in [-0.05, 0) is 83.1 Å². The zero-order valence-corrected chi connectivity index (χ0v) is 19.7. The second kappa shape index (κ2) is 10.4. The van der Waals surface area contributed by atoms with Crippen LogP contribution in [-0.2, 0) is 21.2 Å². The van der Waals surface area contributed by atoms with E-state index in [2.05, 4.69) is 27.9 Å². The first-order valence-electron chi connectivity index (χ1n) is 9.20. The molecule has 0 radical (unpaired) electrons. The first-order valence-corrected chi connectivity index (χ1v) is 12.1. The number of nitrogens with one attached hydrogen (secondary N) is 1. The second-order valence-corrected chi connectivity index (χ2v) is 10.2. The molecule has 0 fully saturated rings. The predicted molar refractivity (Wildman–Crippen MR) is 128 cm³/mol. The van der Waals surface area contributed by atoms with Crippen LogP contribution in [0.4, 0.5) is 5.69 Å². The second-order valence-electron chi connectivity index (χ2n) is 6.58. The molecule has 0 saturated heterocycles. The highest BCUT2D eigenvalue weighted by Crippen LogP contribution is 2.19. The molecule has 30 heavy (non-hydrogen) atoms. The number of sulfonamides is 1. The van der Waals surface area contributed by atoms with Crippen LogP contribution in [-0.4, -0.2) is 31.7 Å². The molecule has 5 nitrogen and oxygen atoms in total.